The molecule has 110 valence electrons. The van der Waals surface area contributed by atoms with Crippen LogP contribution in [0.15, 0.2) is 42.5 Å². The largest absolute Gasteiger partial charge is 0.378 e. The van der Waals surface area contributed by atoms with Crippen molar-refractivity contribution >= 4 is 5.69 Å². The molecule has 0 aromatic heterocycles. The fourth-order valence-corrected chi connectivity index (χ4v) is 2.59. The van der Waals surface area contributed by atoms with E-state index in [1.54, 1.807) is 0 Å². The summed E-state index contributed by atoms with van der Waals surface area (Å²) in [6, 6.07) is 16.4. The summed E-state index contributed by atoms with van der Waals surface area (Å²) in [5, 5.41) is 3.62. The molecular formula is C19H24N2. The quantitative estimate of drug-likeness (QED) is 0.891. The van der Waals surface area contributed by atoms with Gasteiger partial charge in [-0.2, -0.15) is 0 Å². The monoisotopic (exact) mass is 280 g/mol. The van der Waals surface area contributed by atoms with Crippen molar-refractivity contribution < 1.29 is 0 Å². The fourth-order valence-electron chi connectivity index (χ4n) is 2.59. The van der Waals surface area contributed by atoms with E-state index >= 15 is 0 Å². The van der Waals surface area contributed by atoms with Crippen LogP contribution in [0.4, 0.5) is 5.69 Å². The van der Waals surface area contributed by atoms with Crippen molar-refractivity contribution in [2.45, 2.75) is 32.4 Å². The van der Waals surface area contributed by atoms with Crippen LogP contribution < -0.4 is 10.2 Å². The van der Waals surface area contributed by atoms with Crippen molar-refractivity contribution in [2.75, 3.05) is 19.0 Å². The average Bonchev–Trinajstić information content (AvgIpc) is 3.30. The first kappa shape index (κ1) is 14.2. The van der Waals surface area contributed by atoms with E-state index in [0.717, 1.165) is 12.6 Å². The van der Waals surface area contributed by atoms with E-state index in [2.05, 4.69) is 73.7 Å². The van der Waals surface area contributed by atoms with Crippen LogP contribution in [-0.2, 0) is 6.54 Å². The Balaban J connectivity index is 1.89. The van der Waals surface area contributed by atoms with E-state index in [-0.39, 0.29) is 0 Å². The second-order valence-electron chi connectivity index (χ2n) is 6.26. The lowest BCUT2D eigenvalue weighted by Gasteiger charge is -2.15. The van der Waals surface area contributed by atoms with Gasteiger partial charge >= 0.3 is 0 Å². The van der Waals surface area contributed by atoms with Crippen LogP contribution in [0.1, 0.15) is 24.0 Å². The Bertz CT molecular complexity index is 610. The molecule has 21 heavy (non-hydrogen) atoms. The van der Waals surface area contributed by atoms with Gasteiger partial charge in [0.05, 0.1) is 0 Å². The standard InChI is InChI=1S/C19H24N2/c1-14-4-5-16(13-20-17-8-9-17)19(12-14)15-6-10-18(11-7-15)21(2)3/h4-7,10-12,17,20H,8-9,13H2,1-3H3. The molecule has 0 unspecified atom stereocenters. The molecule has 1 fully saturated rings. The SMILES string of the molecule is Cc1ccc(CNC2CC2)c(-c2ccc(N(C)C)cc2)c1. The van der Waals surface area contributed by atoms with E-state index in [1.807, 2.05) is 0 Å². The number of anilines is 1. The van der Waals surface area contributed by atoms with Gasteiger partial charge in [0.1, 0.15) is 0 Å². The Labute approximate surface area is 127 Å². The molecule has 2 aromatic rings. The molecule has 2 heteroatoms. The Morgan fingerprint density at radius 2 is 1.76 bits per heavy atom. The highest BCUT2D eigenvalue weighted by atomic mass is 15.1. The second-order valence-corrected chi connectivity index (χ2v) is 6.26. The van der Waals surface area contributed by atoms with Crippen molar-refractivity contribution in [1.29, 1.82) is 0 Å². The lowest BCUT2D eigenvalue weighted by molar-refractivity contribution is 0.688. The van der Waals surface area contributed by atoms with Crippen molar-refractivity contribution in [3.8, 4) is 11.1 Å². The van der Waals surface area contributed by atoms with E-state index in [9.17, 15) is 0 Å². The summed E-state index contributed by atoms with van der Waals surface area (Å²) in [6.07, 6.45) is 2.66. The molecule has 0 aliphatic heterocycles. The van der Waals surface area contributed by atoms with Crippen molar-refractivity contribution in [2.24, 2.45) is 0 Å². The number of nitrogens with one attached hydrogen (secondary N) is 1. The van der Waals surface area contributed by atoms with Crippen molar-refractivity contribution in [1.82, 2.24) is 5.32 Å². The van der Waals surface area contributed by atoms with Gasteiger partial charge in [0.2, 0.25) is 0 Å². The maximum atomic E-state index is 3.62. The van der Waals surface area contributed by atoms with Gasteiger partial charge in [0, 0.05) is 32.4 Å². The van der Waals surface area contributed by atoms with Crippen LogP contribution in [0.25, 0.3) is 11.1 Å². The Morgan fingerprint density at radius 3 is 2.38 bits per heavy atom. The lowest BCUT2D eigenvalue weighted by Crippen LogP contribution is -2.16. The van der Waals surface area contributed by atoms with Crippen LogP contribution in [0.3, 0.4) is 0 Å². The van der Waals surface area contributed by atoms with Gasteiger partial charge in [-0.15, -0.1) is 0 Å². The average molecular weight is 280 g/mol. The molecule has 0 atom stereocenters. The predicted molar refractivity (Wildman–Crippen MR) is 90.8 cm³/mol. The third-order valence-electron chi connectivity index (χ3n) is 4.12. The number of rotatable bonds is 5. The topological polar surface area (TPSA) is 15.3 Å². The maximum absolute atomic E-state index is 3.62. The first-order chi connectivity index (χ1) is 10.1. The summed E-state index contributed by atoms with van der Waals surface area (Å²) in [4.78, 5) is 2.13. The number of aryl methyl sites for hydroxylation is 1. The fraction of sp³-hybridized carbons (Fsp3) is 0.368. The van der Waals surface area contributed by atoms with Gasteiger partial charge in [-0.05, 0) is 48.6 Å². The van der Waals surface area contributed by atoms with Gasteiger partial charge < -0.3 is 10.2 Å². The molecule has 0 heterocycles. The zero-order valence-corrected chi connectivity index (χ0v) is 13.2. The molecular weight excluding hydrogens is 256 g/mol. The predicted octanol–water partition coefficient (Wildman–Crippen LogP) is 3.98. The van der Waals surface area contributed by atoms with Crippen LogP contribution in [0, 0.1) is 6.92 Å². The van der Waals surface area contributed by atoms with Gasteiger partial charge in [-0.1, -0.05) is 35.9 Å². The van der Waals surface area contributed by atoms with Crippen LogP contribution >= 0.6 is 0 Å². The number of hydrogen-bond acceptors (Lipinski definition) is 2. The molecule has 0 saturated heterocycles. The number of benzene rings is 2. The zero-order valence-electron chi connectivity index (χ0n) is 13.2. The smallest absolute Gasteiger partial charge is 0.0361 e. The lowest BCUT2D eigenvalue weighted by atomic mass is 9.97. The molecule has 1 N–H and O–H groups in total. The molecule has 2 nitrogen and oxygen atoms in total. The Morgan fingerprint density at radius 1 is 1.05 bits per heavy atom. The van der Waals surface area contributed by atoms with E-state index in [1.165, 1.54) is 40.8 Å². The summed E-state index contributed by atoms with van der Waals surface area (Å²) >= 11 is 0. The van der Waals surface area contributed by atoms with Gasteiger partial charge in [-0.25, -0.2) is 0 Å². The molecule has 0 amide bonds. The Hall–Kier alpha value is -1.80. The van der Waals surface area contributed by atoms with Crippen LogP contribution in [-0.4, -0.2) is 20.1 Å². The third kappa shape index (κ3) is 3.45. The van der Waals surface area contributed by atoms with Crippen molar-refractivity contribution in [3.05, 3.63) is 53.6 Å². The number of hydrogen-bond donors (Lipinski definition) is 1. The molecule has 1 saturated carbocycles. The number of nitrogens with zero attached hydrogens (tertiary/aromatic N) is 1. The second kappa shape index (κ2) is 5.90. The highest BCUT2D eigenvalue weighted by molar-refractivity contribution is 5.70. The minimum atomic E-state index is 0.746. The van der Waals surface area contributed by atoms with Crippen molar-refractivity contribution in [3.63, 3.8) is 0 Å². The van der Waals surface area contributed by atoms with E-state index in [0.29, 0.717) is 0 Å². The summed E-state index contributed by atoms with van der Waals surface area (Å²) in [5.41, 5.74) is 6.61. The third-order valence-corrected chi connectivity index (χ3v) is 4.12. The highest BCUT2D eigenvalue weighted by Gasteiger charge is 2.20. The summed E-state index contributed by atoms with van der Waals surface area (Å²) in [5.74, 6) is 0. The van der Waals surface area contributed by atoms with Gasteiger partial charge in [0.15, 0.2) is 0 Å². The Kier molecular flexibility index (Phi) is 3.98. The van der Waals surface area contributed by atoms with Gasteiger partial charge in [-0.3, -0.25) is 0 Å². The molecule has 2 aromatic carbocycles. The normalized spacial score (nSPS) is 14.2. The molecule has 0 bridgehead atoms. The molecule has 3 rings (SSSR count). The van der Waals surface area contributed by atoms with E-state index in [4.69, 9.17) is 0 Å². The summed E-state index contributed by atoms with van der Waals surface area (Å²) in [6.45, 7) is 3.13. The van der Waals surface area contributed by atoms with E-state index < -0.39 is 0 Å². The minimum absolute atomic E-state index is 0.746. The summed E-state index contributed by atoms with van der Waals surface area (Å²) < 4.78 is 0. The molecule has 1 aliphatic rings. The molecule has 0 radical (unpaired) electrons. The van der Waals surface area contributed by atoms with Gasteiger partial charge in [0.25, 0.3) is 0 Å². The highest BCUT2D eigenvalue weighted by Crippen LogP contribution is 2.28. The first-order valence-electron chi connectivity index (χ1n) is 7.74. The van der Waals surface area contributed by atoms with Crippen LogP contribution in [0.2, 0.25) is 0 Å². The first-order valence-corrected chi connectivity index (χ1v) is 7.74. The minimum Gasteiger partial charge on any atom is -0.378 e. The molecule has 0 spiro atoms. The zero-order chi connectivity index (χ0) is 14.8. The summed E-state index contributed by atoms with van der Waals surface area (Å²) in [7, 11) is 4.15. The van der Waals surface area contributed by atoms with Crippen LogP contribution in [0.5, 0.6) is 0 Å². The molecule has 1 aliphatic carbocycles. The maximum Gasteiger partial charge on any atom is 0.0361 e.